The predicted octanol–water partition coefficient (Wildman–Crippen LogP) is 5.87. The monoisotopic (exact) mass is 565 g/mol. The summed E-state index contributed by atoms with van der Waals surface area (Å²) in [4.78, 5) is 40.8. The summed E-state index contributed by atoms with van der Waals surface area (Å²) in [6.45, 7) is 0. The Morgan fingerprint density at radius 1 is 0.833 bits per heavy atom. The minimum absolute atomic E-state index is 0.0255. The minimum atomic E-state index is -1.11. The van der Waals surface area contributed by atoms with Gasteiger partial charge in [0.15, 0.2) is 0 Å². The summed E-state index contributed by atoms with van der Waals surface area (Å²) in [5.74, 6) is 0.0616. The third kappa shape index (κ3) is 7.51. The van der Waals surface area contributed by atoms with Crippen LogP contribution in [-0.4, -0.2) is 40.0 Å². The third-order valence-corrected chi connectivity index (χ3v) is 6.98. The molecule has 1 heterocycles. The van der Waals surface area contributed by atoms with Crippen molar-refractivity contribution in [3.05, 3.63) is 114 Å². The van der Waals surface area contributed by atoms with Gasteiger partial charge in [0.25, 0.3) is 5.91 Å². The number of rotatable bonds is 10. The van der Waals surface area contributed by atoms with Gasteiger partial charge in [-0.2, -0.15) is 0 Å². The van der Waals surface area contributed by atoms with Crippen molar-refractivity contribution in [2.75, 3.05) is 5.32 Å². The van der Waals surface area contributed by atoms with Gasteiger partial charge in [-0.3, -0.25) is 9.59 Å². The van der Waals surface area contributed by atoms with E-state index >= 15 is 0 Å². The molecule has 0 saturated heterocycles. The molecule has 3 aromatic carbocycles. The van der Waals surface area contributed by atoms with Crippen molar-refractivity contribution in [2.45, 2.75) is 44.2 Å². The Morgan fingerprint density at radius 2 is 1.55 bits per heavy atom. The lowest BCUT2D eigenvalue weighted by Gasteiger charge is -2.32. The Balaban J connectivity index is 1.13. The van der Waals surface area contributed by atoms with Crippen LogP contribution in [0.3, 0.4) is 0 Å². The summed E-state index contributed by atoms with van der Waals surface area (Å²) >= 11 is 0. The van der Waals surface area contributed by atoms with E-state index in [1.807, 2.05) is 30.3 Å². The Labute approximate surface area is 243 Å². The first-order valence-electron chi connectivity index (χ1n) is 13.8. The van der Waals surface area contributed by atoms with Gasteiger partial charge in [-0.15, -0.1) is 0 Å². The Hall–Kier alpha value is -5.18. The van der Waals surface area contributed by atoms with Gasteiger partial charge in [0, 0.05) is 17.8 Å². The molecular weight excluding hydrogens is 534 g/mol. The highest BCUT2D eigenvalue weighted by Gasteiger charge is 2.28. The van der Waals surface area contributed by atoms with Crippen LogP contribution in [0.1, 0.15) is 52.0 Å². The summed E-state index contributed by atoms with van der Waals surface area (Å²) in [7, 11) is 0. The molecule has 2 atom stereocenters. The molecule has 3 N–H and O–H groups in total. The molecule has 4 aromatic rings. The topological polar surface area (TPSA) is 127 Å². The molecule has 1 aliphatic rings. The van der Waals surface area contributed by atoms with Crippen molar-refractivity contribution in [1.82, 2.24) is 10.3 Å². The molecule has 9 heteroatoms. The second-order valence-electron chi connectivity index (χ2n) is 10.0. The number of hydrogen-bond acceptors (Lipinski definition) is 6. The number of aromatic carboxylic acids is 1. The van der Waals surface area contributed by atoms with Crippen molar-refractivity contribution in [2.24, 2.45) is 0 Å². The zero-order valence-corrected chi connectivity index (χ0v) is 22.9. The van der Waals surface area contributed by atoms with Crippen LogP contribution >= 0.6 is 0 Å². The molecule has 5 rings (SSSR count). The van der Waals surface area contributed by atoms with E-state index < -0.39 is 5.97 Å². The lowest BCUT2D eigenvalue weighted by molar-refractivity contribution is -0.115. The Bertz CT molecular complexity index is 1520. The number of carboxylic acids is 1. The molecule has 1 saturated carbocycles. The van der Waals surface area contributed by atoms with Crippen molar-refractivity contribution < 1.29 is 29.0 Å². The van der Waals surface area contributed by atoms with E-state index in [-0.39, 0.29) is 41.6 Å². The number of anilines is 1. The van der Waals surface area contributed by atoms with E-state index in [2.05, 4.69) is 15.6 Å². The van der Waals surface area contributed by atoms with Crippen molar-refractivity contribution in [1.29, 1.82) is 0 Å². The smallest absolute Gasteiger partial charge is 0.337 e. The second-order valence-corrected chi connectivity index (χ2v) is 10.0. The van der Waals surface area contributed by atoms with Crippen molar-refractivity contribution in [3.8, 4) is 17.4 Å². The lowest BCUT2D eigenvalue weighted by Crippen LogP contribution is -2.47. The zero-order chi connectivity index (χ0) is 29.3. The van der Waals surface area contributed by atoms with E-state index in [1.54, 1.807) is 60.8 Å². The molecule has 1 aromatic heterocycles. The predicted molar refractivity (Wildman–Crippen MR) is 157 cm³/mol. The number of nitrogens with one attached hydrogen (secondary N) is 2. The number of carbonyl (C=O) groups is 3. The largest absolute Gasteiger partial charge is 0.488 e. The first-order chi connectivity index (χ1) is 20.4. The van der Waals surface area contributed by atoms with Crippen LogP contribution in [0.25, 0.3) is 0 Å². The number of nitrogens with zero attached hydrogens (tertiary/aromatic N) is 1. The quantitative estimate of drug-likeness (QED) is 0.219. The molecule has 0 radical (unpaired) electrons. The highest BCUT2D eigenvalue weighted by atomic mass is 16.5. The normalized spacial score (nSPS) is 16.2. The Kier molecular flexibility index (Phi) is 9.08. The fourth-order valence-electron chi connectivity index (χ4n) is 4.86. The van der Waals surface area contributed by atoms with Crippen LogP contribution in [-0.2, 0) is 11.2 Å². The number of para-hydroxylation sites is 1. The molecule has 1 fully saturated rings. The first-order valence-corrected chi connectivity index (χ1v) is 13.8. The van der Waals surface area contributed by atoms with Crippen LogP contribution in [0.5, 0.6) is 17.4 Å². The van der Waals surface area contributed by atoms with E-state index in [0.29, 0.717) is 28.5 Å². The van der Waals surface area contributed by atoms with Gasteiger partial charge >= 0.3 is 5.97 Å². The first kappa shape index (κ1) is 28.4. The third-order valence-electron chi connectivity index (χ3n) is 6.98. The number of carbonyl (C=O) groups excluding carboxylic acids is 2. The second kappa shape index (κ2) is 13.5. The average molecular weight is 566 g/mol. The fourth-order valence-corrected chi connectivity index (χ4v) is 4.86. The molecular formula is C33H31N3O6. The van der Waals surface area contributed by atoms with Crippen molar-refractivity contribution in [3.63, 3.8) is 0 Å². The SMILES string of the molecule is O=C(Cc1ccc(Oc2ccc(OC3CCCC[C@@H]3NC(=O)c3ccccc3)cc2)nc1)Nc1ccccc1C(=O)O. The highest BCUT2D eigenvalue weighted by molar-refractivity contribution is 6.01. The minimum Gasteiger partial charge on any atom is -0.488 e. The molecule has 9 nitrogen and oxygen atoms in total. The highest BCUT2D eigenvalue weighted by Crippen LogP contribution is 2.27. The van der Waals surface area contributed by atoms with Gasteiger partial charge in [-0.25, -0.2) is 9.78 Å². The van der Waals surface area contributed by atoms with Gasteiger partial charge in [-0.1, -0.05) is 42.8 Å². The summed E-state index contributed by atoms with van der Waals surface area (Å²) in [5.41, 5.74) is 1.55. The average Bonchev–Trinajstić information content (AvgIpc) is 3.00. The van der Waals surface area contributed by atoms with Gasteiger partial charge in [0.1, 0.15) is 17.6 Å². The van der Waals surface area contributed by atoms with E-state index in [0.717, 1.165) is 25.7 Å². The molecule has 1 unspecified atom stereocenters. The van der Waals surface area contributed by atoms with Crippen LogP contribution in [0.4, 0.5) is 5.69 Å². The van der Waals surface area contributed by atoms with Gasteiger partial charge < -0.3 is 25.2 Å². The maximum atomic E-state index is 12.7. The van der Waals surface area contributed by atoms with Crippen LogP contribution in [0.15, 0.2) is 97.2 Å². The summed E-state index contributed by atoms with van der Waals surface area (Å²) < 4.78 is 12.1. The van der Waals surface area contributed by atoms with E-state index in [9.17, 15) is 19.5 Å². The number of benzene rings is 3. The number of carboxylic acid groups (broad SMARTS) is 1. The number of ether oxygens (including phenoxy) is 2. The number of pyridine rings is 1. The number of amides is 2. The molecule has 0 aliphatic heterocycles. The van der Waals surface area contributed by atoms with Crippen LogP contribution in [0, 0.1) is 0 Å². The Morgan fingerprint density at radius 3 is 2.29 bits per heavy atom. The van der Waals surface area contributed by atoms with Gasteiger partial charge in [0.05, 0.1) is 23.7 Å². The number of hydrogen-bond donors (Lipinski definition) is 3. The van der Waals surface area contributed by atoms with Gasteiger partial charge in [0.2, 0.25) is 11.8 Å². The summed E-state index contributed by atoms with van der Waals surface area (Å²) in [6, 6.07) is 26.0. The van der Waals surface area contributed by atoms with Crippen LogP contribution < -0.4 is 20.1 Å². The summed E-state index contributed by atoms with van der Waals surface area (Å²) in [6.07, 6.45) is 5.26. The molecule has 0 spiro atoms. The van der Waals surface area contributed by atoms with E-state index in [4.69, 9.17) is 9.47 Å². The lowest BCUT2D eigenvalue weighted by atomic mass is 9.92. The molecule has 2 amide bonds. The van der Waals surface area contributed by atoms with Crippen molar-refractivity contribution >= 4 is 23.5 Å². The van der Waals surface area contributed by atoms with E-state index in [1.165, 1.54) is 6.07 Å². The number of aromatic nitrogens is 1. The summed E-state index contributed by atoms with van der Waals surface area (Å²) in [5, 5.41) is 15.1. The zero-order valence-electron chi connectivity index (χ0n) is 22.9. The fraction of sp³-hybridized carbons (Fsp3) is 0.212. The molecule has 42 heavy (non-hydrogen) atoms. The molecule has 1 aliphatic carbocycles. The maximum absolute atomic E-state index is 12.7. The maximum Gasteiger partial charge on any atom is 0.337 e. The molecule has 214 valence electrons. The molecule has 0 bridgehead atoms. The van der Waals surface area contributed by atoms with Gasteiger partial charge in [-0.05, 0) is 73.4 Å². The standard InChI is InChI=1S/C33H31N3O6/c37-30(35-27-11-5-4-10-26(27)33(39)40)20-22-14-19-31(34-21-22)42-25-17-15-24(16-18-25)41-29-13-7-6-12-28(29)36-32(38)23-8-2-1-3-9-23/h1-5,8-11,14-19,21,28-29H,6-7,12-13,20H2,(H,35,37)(H,36,38)(H,39,40)/t28-,29?/m0/s1. The van der Waals surface area contributed by atoms with Crippen LogP contribution in [0.2, 0.25) is 0 Å².